The summed E-state index contributed by atoms with van der Waals surface area (Å²) in [5.74, 6) is 0.723. The lowest BCUT2D eigenvalue weighted by molar-refractivity contribution is 0.0680. The Balaban J connectivity index is 1.52. The number of nitrogens with zero attached hydrogens (tertiary/aromatic N) is 4. The number of aromatic nitrogens is 3. The summed E-state index contributed by atoms with van der Waals surface area (Å²) in [6, 6.07) is 9.56. The van der Waals surface area contributed by atoms with E-state index in [0.717, 1.165) is 43.4 Å². The van der Waals surface area contributed by atoms with E-state index in [2.05, 4.69) is 29.5 Å². The Hall–Kier alpha value is -3.66. The zero-order valence-electron chi connectivity index (χ0n) is 21.3. The smallest absolute Gasteiger partial charge is 0.411 e. The standard InChI is InChI=1S/C27H34N6O4/c1-3-17(2)29-24-14-22(32(27(35)36)16-18-10-12-37-13-11-18)25-28-15-23(33(25)31-24)19-4-6-20(7-5-19)26(34)30-21-8-9-21/h4-7,14-15,17-18,21H,3,8-13,16H2,1-2H3,(H,29,31)(H,30,34)(H,35,36). The van der Waals surface area contributed by atoms with Crippen LogP contribution in [0.4, 0.5) is 16.3 Å². The van der Waals surface area contributed by atoms with Gasteiger partial charge in [-0.15, -0.1) is 5.10 Å². The third kappa shape index (κ3) is 5.69. The molecule has 0 bridgehead atoms. The van der Waals surface area contributed by atoms with Crippen molar-refractivity contribution in [3.63, 3.8) is 0 Å². The zero-order valence-corrected chi connectivity index (χ0v) is 21.3. The number of anilines is 2. The Bertz CT molecular complexity index is 1260. The molecule has 3 N–H and O–H groups in total. The van der Waals surface area contributed by atoms with Crippen LogP contribution in [-0.4, -0.2) is 63.5 Å². The molecule has 1 atom stereocenters. The van der Waals surface area contributed by atoms with Gasteiger partial charge < -0.3 is 20.5 Å². The second-order valence-electron chi connectivity index (χ2n) is 10.0. The van der Waals surface area contributed by atoms with Crippen molar-refractivity contribution < 1.29 is 19.4 Å². The van der Waals surface area contributed by atoms with Crippen LogP contribution in [0.3, 0.4) is 0 Å². The molecule has 0 radical (unpaired) electrons. The highest BCUT2D eigenvalue weighted by Gasteiger charge is 2.27. The minimum absolute atomic E-state index is 0.0714. The number of ether oxygens (including phenoxy) is 1. The summed E-state index contributed by atoms with van der Waals surface area (Å²) in [5, 5.41) is 21.4. The Morgan fingerprint density at radius 3 is 2.57 bits per heavy atom. The van der Waals surface area contributed by atoms with Crippen LogP contribution in [0.2, 0.25) is 0 Å². The van der Waals surface area contributed by atoms with Gasteiger partial charge in [0.15, 0.2) is 5.65 Å². The maximum Gasteiger partial charge on any atom is 0.411 e. The molecule has 10 heteroatoms. The van der Waals surface area contributed by atoms with Crippen LogP contribution in [0.15, 0.2) is 36.5 Å². The number of hydrogen-bond acceptors (Lipinski definition) is 6. The number of imidazole rings is 1. The van der Waals surface area contributed by atoms with E-state index in [1.807, 2.05) is 12.1 Å². The molecule has 2 amide bonds. The maximum atomic E-state index is 12.4. The number of nitrogens with one attached hydrogen (secondary N) is 2. The van der Waals surface area contributed by atoms with Crippen LogP contribution in [0, 0.1) is 5.92 Å². The van der Waals surface area contributed by atoms with Crippen molar-refractivity contribution in [2.24, 2.45) is 5.92 Å². The van der Waals surface area contributed by atoms with Gasteiger partial charge in [0.1, 0.15) is 5.82 Å². The SMILES string of the molecule is CCC(C)Nc1cc(N(CC2CCOCC2)C(=O)O)c2ncc(-c3ccc(C(=O)NC4CC4)cc3)n2n1. The van der Waals surface area contributed by atoms with Gasteiger partial charge in [0.2, 0.25) is 0 Å². The molecule has 196 valence electrons. The monoisotopic (exact) mass is 506 g/mol. The fourth-order valence-corrected chi connectivity index (χ4v) is 4.53. The van der Waals surface area contributed by atoms with E-state index in [0.29, 0.717) is 48.5 Å². The minimum Gasteiger partial charge on any atom is -0.465 e. The van der Waals surface area contributed by atoms with Crippen LogP contribution < -0.4 is 15.5 Å². The maximum absolute atomic E-state index is 12.4. The van der Waals surface area contributed by atoms with E-state index in [9.17, 15) is 14.7 Å². The second-order valence-corrected chi connectivity index (χ2v) is 10.0. The zero-order chi connectivity index (χ0) is 25.9. The van der Waals surface area contributed by atoms with Crippen LogP contribution in [0.5, 0.6) is 0 Å². The molecule has 1 aromatic carbocycles. The van der Waals surface area contributed by atoms with Crippen LogP contribution in [0.1, 0.15) is 56.3 Å². The molecular weight excluding hydrogens is 472 g/mol. The van der Waals surface area contributed by atoms with E-state index in [4.69, 9.17) is 9.84 Å². The number of carbonyl (C=O) groups excluding carboxylic acids is 1. The quantitative estimate of drug-likeness (QED) is 0.393. The molecule has 1 aliphatic heterocycles. The third-order valence-electron chi connectivity index (χ3n) is 7.11. The summed E-state index contributed by atoms with van der Waals surface area (Å²) in [4.78, 5) is 30.8. The Morgan fingerprint density at radius 1 is 1.19 bits per heavy atom. The van der Waals surface area contributed by atoms with Crippen molar-refractivity contribution in [3.8, 4) is 11.3 Å². The minimum atomic E-state index is -1.02. The molecule has 1 saturated carbocycles. The van der Waals surface area contributed by atoms with Gasteiger partial charge in [0.25, 0.3) is 5.91 Å². The lowest BCUT2D eigenvalue weighted by atomic mass is 9.99. The summed E-state index contributed by atoms with van der Waals surface area (Å²) < 4.78 is 7.16. The van der Waals surface area contributed by atoms with Gasteiger partial charge in [-0.2, -0.15) is 0 Å². The van der Waals surface area contributed by atoms with Crippen LogP contribution in [0.25, 0.3) is 16.9 Å². The van der Waals surface area contributed by atoms with Gasteiger partial charge in [-0.1, -0.05) is 19.1 Å². The number of rotatable bonds is 9. The van der Waals surface area contributed by atoms with Crippen molar-refractivity contribution >= 4 is 29.2 Å². The highest BCUT2D eigenvalue weighted by molar-refractivity contribution is 5.95. The van der Waals surface area contributed by atoms with E-state index in [1.54, 1.807) is 28.9 Å². The number of fused-ring (bicyclic) bond motifs is 1. The highest BCUT2D eigenvalue weighted by atomic mass is 16.5. The second kappa shape index (κ2) is 10.8. The highest BCUT2D eigenvalue weighted by Crippen LogP contribution is 2.31. The molecule has 5 rings (SSSR count). The first-order valence-corrected chi connectivity index (χ1v) is 13.1. The average molecular weight is 507 g/mol. The van der Waals surface area contributed by atoms with Gasteiger partial charge in [-0.05, 0) is 57.1 Å². The normalized spacial score (nSPS) is 16.9. The fraction of sp³-hybridized carbons (Fsp3) is 0.481. The average Bonchev–Trinajstić information content (AvgIpc) is 3.62. The molecule has 37 heavy (non-hydrogen) atoms. The Kier molecular flexibility index (Phi) is 7.27. The molecule has 1 aliphatic carbocycles. The molecular formula is C27H34N6O4. The number of hydrogen-bond donors (Lipinski definition) is 3. The van der Waals surface area contributed by atoms with Gasteiger partial charge in [-0.3, -0.25) is 9.69 Å². The first kappa shape index (κ1) is 25.0. The van der Waals surface area contributed by atoms with E-state index < -0.39 is 6.09 Å². The Labute approximate surface area is 216 Å². The number of carbonyl (C=O) groups is 2. The Morgan fingerprint density at radius 2 is 1.92 bits per heavy atom. The van der Waals surface area contributed by atoms with Gasteiger partial charge >= 0.3 is 6.09 Å². The molecule has 10 nitrogen and oxygen atoms in total. The molecule has 0 spiro atoms. The van der Waals surface area contributed by atoms with Crippen LogP contribution >= 0.6 is 0 Å². The topological polar surface area (TPSA) is 121 Å². The molecule has 1 unspecified atom stereocenters. The third-order valence-corrected chi connectivity index (χ3v) is 7.11. The molecule has 1 saturated heterocycles. The first-order chi connectivity index (χ1) is 17.9. The molecule has 3 heterocycles. The van der Waals surface area contributed by atoms with Crippen molar-refractivity contribution in [2.45, 2.75) is 58.0 Å². The molecule has 2 fully saturated rings. The summed E-state index contributed by atoms with van der Waals surface area (Å²) in [5.41, 5.74) is 3.11. The van der Waals surface area contributed by atoms with E-state index in [1.165, 1.54) is 4.90 Å². The fourth-order valence-electron chi connectivity index (χ4n) is 4.53. The molecule has 2 aromatic heterocycles. The number of amides is 2. The largest absolute Gasteiger partial charge is 0.465 e. The van der Waals surface area contributed by atoms with Crippen LogP contribution in [-0.2, 0) is 4.74 Å². The number of carboxylic acid groups (broad SMARTS) is 1. The van der Waals surface area contributed by atoms with E-state index in [-0.39, 0.29) is 17.9 Å². The molecule has 2 aliphatic rings. The summed E-state index contributed by atoms with van der Waals surface area (Å²) in [7, 11) is 0. The lowest BCUT2D eigenvalue weighted by Crippen LogP contribution is -2.37. The van der Waals surface area contributed by atoms with Gasteiger partial charge in [0, 0.05) is 49.0 Å². The number of benzene rings is 1. The lowest BCUT2D eigenvalue weighted by Gasteiger charge is -2.28. The van der Waals surface area contributed by atoms with Crippen molar-refractivity contribution in [2.75, 3.05) is 30.0 Å². The van der Waals surface area contributed by atoms with Crippen molar-refractivity contribution in [1.29, 1.82) is 0 Å². The molecule has 3 aromatic rings. The first-order valence-electron chi connectivity index (χ1n) is 13.1. The predicted molar refractivity (Wildman–Crippen MR) is 141 cm³/mol. The van der Waals surface area contributed by atoms with Gasteiger partial charge in [0.05, 0.1) is 17.6 Å². The summed E-state index contributed by atoms with van der Waals surface area (Å²) in [6.07, 6.45) is 5.29. The summed E-state index contributed by atoms with van der Waals surface area (Å²) >= 11 is 0. The van der Waals surface area contributed by atoms with Gasteiger partial charge in [-0.25, -0.2) is 14.3 Å². The predicted octanol–water partition coefficient (Wildman–Crippen LogP) is 4.41. The van der Waals surface area contributed by atoms with Crippen molar-refractivity contribution in [3.05, 3.63) is 42.1 Å². The van der Waals surface area contributed by atoms with E-state index >= 15 is 0 Å². The van der Waals surface area contributed by atoms with Crippen molar-refractivity contribution in [1.82, 2.24) is 19.9 Å². The summed E-state index contributed by atoms with van der Waals surface area (Å²) in [6.45, 7) is 5.80.